The molecule has 0 N–H and O–H groups in total. The van der Waals surface area contributed by atoms with E-state index in [0.717, 1.165) is 42.9 Å². The first kappa shape index (κ1) is 22.0. The Bertz CT molecular complexity index is 1310. The predicted molar refractivity (Wildman–Crippen MR) is 126 cm³/mol. The molecule has 4 aromatic rings. The summed E-state index contributed by atoms with van der Waals surface area (Å²) in [5, 5.41) is 8.68. The van der Waals surface area contributed by atoms with E-state index >= 15 is 0 Å². The van der Waals surface area contributed by atoms with Crippen LogP contribution in [-0.4, -0.2) is 49.3 Å². The van der Waals surface area contributed by atoms with E-state index in [0.29, 0.717) is 36.2 Å². The van der Waals surface area contributed by atoms with Crippen molar-refractivity contribution in [3.8, 4) is 22.8 Å². The molecule has 0 saturated carbocycles. The summed E-state index contributed by atoms with van der Waals surface area (Å²) in [7, 11) is 1.84. The number of benzene rings is 1. The number of hydrogen-bond acceptors (Lipinski definition) is 7. The van der Waals surface area contributed by atoms with Gasteiger partial charge in [-0.15, -0.1) is 0 Å². The molecule has 0 aliphatic carbocycles. The molecular formula is C25H26N6O3. The quantitative estimate of drug-likeness (QED) is 0.420. The maximum absolute atomic E-state index is 12.4. The highest BCUT2D eigenvalue weighted by molar-refractivity contribution is 5.56. The summed E-state index contributed by atoms with van der Waals surface area (Å²) in [4.78, 5) is 21.4. The third-order valence-corrected chi connectivity index (χ3v) is 5.85. The normalized spacial score (nSPS) is 14.3. The minimum atomic E-state index is -0.104. The lowest BCUT2D eigenvalue weighted by atomic mass is 10.0. The van der Waals surface area contributed by atoms with E-state index in [1.807, 2.05) is 37.5 Å². The molecule has 1 saturated heterocycles. The molecule has 9 heteroatoms. The van der Waals surface area contributed by atoms with Gasteiger partial charge in [-0.3, -0.25) is 9.48 Å². The highest BCUT2D eigenvalue weighted by Gasteiger charge is 2.15. The average Bonchev–Trinajstić information content (AvgIpc) is 3.31. The van der Waals surface area contributed by atoms with E-state index in [2.05, 4.69) is 20.2 Å². The van der Waals surface area contributed by atoms with Gasteiger partial charge in [-0.2, -0.15) is 10.2 Å². The van der Waals surface area contributed by atoms with E-state index in [4.69, 9.17) is 9.47 Å². The smallest absolute Gasteiger partial charge is 0.203 e. The van der Waals surface area contributed by atoms with Crippen molar-refractivity contribution < 1.29 is 9.47 Å². The SMILES string of the molecule is Cn1cc(-n2ccc(=O)c(Cc3cccc(-c4ncc(OCC5CCOCC5)cn4)c3)n2)cn1. The minimum absolute atomic E-state index is 0.104. The average molecular weight is 459 g/mol. The van der Waals surface area contributed by atoms with Gasteiger partial charge < -0.3 is 9.47 Å². The number of aromatic nitrogens is 6. The third kappa shape index (κ3) is 5.20. The van der Waals surface area contributed by atoms with E-state index in [-0.39, 0.29) is 5.43 Å². The van der Waals surface area contributed by atoms with Gasteiger partial charge in [-0.05, 0) is 30.4 Å². The Morgan fingerprint density at radius 2 is 1.94 bits per heavy atom. The fourth-order valence-electron chi connectivity index (χ4n) is 3.92. The molecule has 0 radical (unpaired) electrons. The molecule has 0 spiro atoms. The molecule has 0 amide bonds. The summed E-state index contributed by atoms with van der Waals surface area (Å²) in [6, 6.07) is 9.37. The van der Waals surface area contributed by atoms with Crippen LogP contribution in [0, 0.1) is 5.92 Å². The van der Waals surface area contributed by atoms with Crippen molar-refractivity contribution in [1.82, 2.24) is 29.5 Å². The van der Waals surface area contributed by atoms with Gasteiger partial charge in [0.15, 0.2) is 11.6 Å². The lowest BCUT2D eigenvalue weighted by molar-refractivity contribution is 0.0496. The second-order valence-electron chi connectivity index (χ2n) is 8.43. The van der Waals surface area contributed by atoms with Crippen LogP contribution < -0.4 is 10.2 Å². The van der Waals surface area contributed by atoms with Gasteiger partial charge in [-0.1, -0.05) is 18.2 Å². The summed E-state index contributed by atoms with van der Waals surface area (Å²) in [6.07, 6.45) is 11.1. The van der Waals surface area contributed by atoms with Gasteiger partial charge in [0.2, 0.25) is 5.43 Å². The van der Waals surface area contributed by atoms with Gasteiger partial charge in [0.25, 0.3) is 0 Å². The van der Waals surface area contributed by atoms with Gasteiger partial charge in [-0.25, -0.2) is 14.6 Å². The van der Waals surface area contributed by atoms with Crippen LogP contribution in [0.15, 0.2) is 66.1 Å². The molecule has 1 aliphatic heterocycles. The molecule has 1 aromatic carbocycles. The lowest BCUT2D eigenvalue weighted by Gasteiger charge is -2.21. The van der Waals surface area contributed by atoms with Crippen molar-refractivity contribution in [2.45, 2.75) is 19.3 Å². The second-order valence-corrected chi connectivity index (χ2v) is 8.43. The summed E-state index contributed by atoms with van der Waals surface area (Å²) in [6.45, 7) is 2.26. The lowest BCUT2D eigenvalue weighted by Crippen LogP contribution is -2.21. The zero-order chi connectivity index (χ0) is 23.3. The molecule has 4 heterocycles. The Morgan fingerprint density at radius 3 is 2.71 bits per heavy atom. The number of nitrogens with zero attached hydrogens (tertiary/aromatic N) is 6. The number of aryl methyl sites for hydroxylation is 1. The van der Waals surface area contributed by atoms with E-state index in [1.54, 1.807) is 34.2 Å². The highest BCUT2D eigenvalue weighted by Crippen LogP contribution is 2.21. The topological polar surface area (TPSA) is 97.0 Å². The molecular weight excluding hydrogens is 432 g/mol. The fourth-order valence-corrected chi connectivity index (χ4v) is 3.92. The van der Waals surface area contributed by atoms with Crippen LogP contribution in [0.25, 0.3) is 17.1 Å². The number of rotatable bonds is 7. The Labute approximate surface area is 197 Å². The van der Waals surface area contributed by atoms with Crippen LogP contribution in [0.5, 0.6) is 5.75 Å². The van der Waals surface area contributed by atoms with Gasteiger partial charge in [0, 0.05) is 44.5 Å². The molecule has 0 unspecified atom stereocenters. The summed E-state index contributed by atoms with van der Waals surface area (Å²) < 4.78 is 14.6. The van der Waals surface area contributed by atoms with Crippen molar-refractivity contribution in [3.63, 3.8) is 0 Å². The summed E-state index contributed by atoms with van der Waals surface area (Å²) >= 11 is 0. The molecule has 34 heavy (non-hydrogen) atoms. The van der Waals surface area contributed by atoms with Crippen LogP contribution in [0.4, 0.5) is 0 Å². The van der Waals surface area contributed by atoms with Gasteiger partial charge >= 0.3 is 0 Å². The fraction of sp³-hybridized carbons (Fsp3) is 0.320. The Kier molecular flexibility index (Phi) is 6.44. The van der Waals surface area contributed by atoms with Crippen LogP contribution in [0.1, 0.15) is 24.1 Å². The van der Waals surface area contributed by atoms with Crippen LogP contribution in [-0.2, 0) is 18.2 Å². The molecule has 5 rings (SSSR count). The van der Waals surface area contributed by atoms with Crippen molar-refractivity contribution in [2.75, 3.05) is 19.8 Å². The first-order chi connectivity index (χ1) is 16.6. The molecule has 3 aromatic heterocycles. The second kappa shape index (κ2) is 9.96. The maximum Gasteiger partial charge on any atom is 0.203 e. The largest absolute Gasteiger partial charge is 0.490 e. The Balaban J connectivity index is 1.29. The monoisotopic (exact) mass is 458 g/mol. The van der Waals surface area contributed by atoms with Gasteiger partial charge in [0.05, 0.1) is 31.4 Å². The minimum Gasteiger partial charge on any atom is -0.490 e. The first-order valence-corrected chi connectivity index (χ1v) is 11.3. The number of ether oxygens (including phenoxy) is 2. The first-order valence-electron chi connectivity index (χ1n) is 11.3. The molecule has 0 bridgehead atoms. The van der Waals surface area contributed by atoms with Crippen molar-refractivity contribution in [3.05, 3.63) is 82.8 Å². The molecule has 9 nitrogen and oxygen atoms in total. The van der Waals surface area contributed by atoms with Crippen molar-refractivity contribution in [1.29, 1.82) is 0 Å². The Morgan fingerprint density at radius 1 is 1.12 bits per heavy atom. The summed E-state index contributed by atoms with van der Waals surface area (Å²) in [5.74, 6) is 1.78. The van der Waals surface area contributed by atoms with Crippen LogP contribution in [0.3, 0.4) is 0 Å². The van der Waals surface area contributed by atoms with E-state index < -0.39 is 0 Å². The number of hydrogen-bond donors (Lipinski definition) is 0. The molecule has 0 atom stereocenters. The zero-order valence-electron chi connectivity index (χ0n) is 19.0. The van der Waals surface area contributed by atoms with Crippen molar-refractivity contribution >= 4 is 0 Å². The van der Waals surface area contributed by atoms with Crippen LogP contribution in [0.2, 0.25) is 0 Å². The van der Waals surface area contributed by atoms with Crippen LogP contribution >= 0.6 is 0 Å². The zero-order valence-corrected chi connectivity index (χ0v) is 19.0. The third-order valence-electron chi connectivity index (χ3n) is 5.85. The highest BCUT2D eigenvalue weighted by atomic mass is 16.5. The molecule has 174 valence electrons. The van der Waals surface area contributed by atoms with E-state index in [9.17, 15) is 4.79 Å². The standard InChI is InChI=1S/C25H26N6O3/c1-30-16-21(13-28-30)31-8-5-24(32)23(29-31)12-19-3-2-4-20(11-19)25-26-14-22(15-27-25)34-17-18-6-9-33-10-7-18/h2-5,8,11,13-16,18H,6-7,9-10,12,17H2,1H3. The molecule has 1 aliphatic rings. The van der Waals surface area contributed by atoms with Crippen molar-refractivity contribution in [2.24, 2.45) is 13.0 Å². The van der Waals surface area contributed by atoms with Gasteiger partial charge in [0.1, 0.15) is 11.4 Å². The van der Waals surface area contributed by atoms with E-state index in [1.165, 1.54) is 6.07 Å². The maximum atomic E-state index is 12.4. The molecule has 1 fully saturated rings. The Hall–Kier alpha value is -3.85. The predicted octanol–water partition coefficient (Wildman–Crippen LogP) is 2.82. The summed E-state index contributed by atoms with van der Waals surface area (Å²) in [5.41, 5.74) is 2.98.